The molecule has 2 aromatic carbocycles. The van der Waals surface area contributed by atoms with Crippen molar-refractivity contribution in [3.63, 3.8) is 0 Å². The minimum absolute atomic E-state index is 0.0162. The van der Waals surface area contributed by atoms with Gasteiger partial charge in [-0.1, -0.05) is 34.8 Å². The minimum Gasteiger partial charge on any atom is -0.488 e. The van der Waals surface area contributed by atoms with Crippen LogP contribution in [0.25, 0.3) is 0 Å². The molecule has 14 nitrogen and oxygen atoms in total. The molecule has 49 heavy (non-hydrogen) atoms. The number of aromatic nitrogens is 4. The molecule has 5 N–H and O–H groups in total. The number of benzene rings is 2. The van der Waals surface area contributed by atoms with Crippen molar-refractivity contribution in [2.24, 2.45) is 0 Å². The highest BCUT2D eigenvalue weighted by Gasteiger charge is 2.22. The molecular formula is C30H31Cl3I2N8O6. The Hall–Kier alpha value is -2.75. The van der Waals surface area contributed by atoms with Gasteiger partial charge in [0.05, 0.1) is 54.5 Å². The summed E-state index contributed by atoms with van der Waals surface area (Å²) >= 11 is 21.3. The van der Waals surface area contributed by atoms with Crippen molar-refractivity contribution < 1.29 is 23.9 Å². The molecule has 0 saturated carbocycles. The molecule has 0 aliphatic carbocycles. The molecule has 4 heterocycles. The number of nitro groups is 1. The Morgan fingerprint density at radius 3 is 1.86 bits per heavy atom. The van der Waals surface area contributed by atoms with Crippen molar-refractivity contribution in [2.75, 3.05) is 43.2 Å². The molecule has 19 heteroatoms. The van der Waals surface area contributed by atoms with E-state index in [0.717, 1.165) is 57.5 Å². The number of nitrogens with one attached hydrogen (secondary N) is 1. The summed E-state index contributed by atoms with van der Waals surface area (Å²) in [5.74, 6) is 1.85. The molecule has 2 aromatic heterocycles. The summed E-state index contributed by atoms with van der Waals surface area (Å²) in [7, 11) is 0. The van der Waals surface area contributed by atoms with E-state index < -0.39 is 4.92 Å². The quantitative estimate of drug-likeness (QED) is 0.0705. The molecule has 0 radical (unpaired) electrons. The third kappa shape index (κ3) is 12.8. The van der Waals surface area contributed by atoms with Gasteiger partial charge >= 0.3 is 5.69 Å². The second kappa shape index (κ2) is 19.6. The van der Waals surface area contributed by atoms with E-state index in [4.69, 9.17) is 65.2 Å². The predicted molar refractivity (Wildman–Crippen MR) is 205 cm³/mol. The smallest absolute Gasteiger partial charge is 0.311 e. The molecular weight excluding hydrogens is 929 g/mol. The van der Waals surface area contributed by atoms with Crippen LogP contribution in [0.15, 0.2) is 48.8 Å². The zero-order valence-corrected chi connectivity index (χ0v) is 32.2. The van der Waals surface area contributed by atoms with E-state index >= 15 is 0 Å². The SMILES string of the molecule is Nc1ncc(Cl)c(Cl)n1.Nc1ncc(Cl)c(Nc2cc(I)ccc2OC2CCOCC2)n1.O=[N+]([O-])c1cc(I)ccc1OC1CCOCC1. The molecule has 2 aliphatic heterocycles. The Morgan fingerprint density at radius 2 is 1.31 bits per heavy atom. The fourth-order valence-electron chi connectivity index (χ4n) is 4.34. The van der Waals surface area contributed by atoms with Gasteiger partial charge in [0.15, 0.2) is 16.7 Å². The first kappa shape index (κ1) is 39.0. The van der Waals surface area contributed by atoms with Gasteiger partial charge < -0.3 is 35.7 Å². The topological polar surface area (TPSA) is 196 Å². The number of rotatable bonds is 7. The highest BCUT2D eigenvalue weighted by Crippen LogP contribution is 2.34. The van der Waals surface area contributed by atoms with Crippen LogP contribution < -0.4 is 26.3 Å². The van der Waals surface area contributed by atoms with E-state index in [1.54, 1.807) is 6.07 Å². The Bertz CT molecular complexity index is 1720. The van der Waals surface area contributed by atoms with Crippen LogP contribution in [0.4, 0.5) is 29.1 Å². The van der Waals surface area contributed by atoms with Crippen molar-refractivity contribution in [2.45, 2.75) is 37.9 Å². The van der Waals surface area contributed by atoms with Crippen molar-refractivity contribution in [1.29, 1.82) is 0 Å². The summed E-state index contributed by atoms with van der Waals surface area (Å²) in [5.41, 5.74) is 11.6. The van der Waals surface area contributed by atoms with Crippen LogP contribution >= 0.6 is 80.0 Å². The number of nitrogens with zero attached hydrogens (tertiary/aromatic N) is 5. The summed E-state index contributed by atoms with van der Waals surface area (Å²) in [6.45, 7) is 2.77. The first-order valence-corrected chi connectivity index (χ1v) is 18.0. The number of anilines is 4. The number of nitrogen functional groups attached to an aromatic ring is 2. The normalized spacial score (nSPS) is 14.8. The summed E-state index contributed by atoms with van der Waals surface area (Å²) in [6.07, 6.45) is 6.31. The van der Waals surface area contributed by atoms with E-state index in [0.29, 0.717) is 34.8 Å². The van der Waals surface area contributed by atoms with Gasteiger partial charge in [-0.3, -0.25) is 10.1 Å². The van der Waals surface area contributed by atoms with Crippen molar-refractivity contribution in [3.05, 3.63) is 81.2 Å². The Labute approximate surface area is 324 Å². The number of hydrogen-bond acceptors (Lipinski definition) is 13. The predicted octanol–water partition coefficient (Wildman–Crippen LogP) is 7.74. The number of hydrogen-bond donors (Lipinski definition) is 3. The first-order chi connectivity index (χ1) is 23.5. The Balaban J connectivity index is 0.000000182. The maximum absolute atomic E-state index is 10.9. The van der Waals surface area contributed by atoms with E-state index in [9.17, 15) is 10.1 Å². The Morgan fingerprint density at radius 1 is 0.796 bits per heavy atom. The minimum atomic E-state index is -0.406. The summed E-state index contributed by atoms with van der Waals surface area (Å²) < 4.78 is 24.3. The molecule has 2 fully saturated rings. The van der Waals surface area contributed by atoms with Gasteiger partial charge in [-0.25, -0.2) is 9.97 Å². The average molecular weight is 960 g/mol. The average Bonchev–Trinajstić information content (AvgIpc) is 3.08. The molecule has 262 valence electrons. The molecule has 2 aliphatic rings. The molecule has 0 bridgehead atoms. The fraction of sp³-hybridized carbons (Fsp3) is 0.333. The number of nitrogens with two attached hydrogens (primary N) is 2. The molecule has 4 aromatic rings. The van der Waals surface area contributed by atoms with Gasteiger partial charge in [-0.05, 0) is 75.5 Å². The summed E-state index contributed by atoms with van der Waals surface area (Å²) in [6, 6.07) is 10.9. The maximum Gasteiger partial charge on any atom is 0.311 e. The number of ether oxygens (including phenoxy) is 4. The molecule has 0 atom stereocenters. The standard InChI is InChI=1S/C15H16ClIN4O2.C11H12INO4.C4H3Cl2N3/c16-11-8-19-15(18)21-14(11)20-12-7-9(17)1-2-13(12)23-10-3-5-22-6-4-10;12-8-1-2-11(10(7-8)13(14)15)17-9-3-5-16-6-4-9;5-2-1-8-4(7)9-3(2)6/h1-2,7-8,10H,3-6H2,(H3,18,19,20,21);1-2,7,9H,3-6H2;1H,(H2,7,8,9). The number of halogens is 5. The highest BCUT2D eigenvalue weighted by molar-refractivity contribution is 14.1. The van der Waals surface area contributed by atoms with Gasteiger partial charge in [-0.2, -0.15) is 9.97 Å². The second-order valence-electron chi connectivity index (χ2n) is 10.3. The lowest BCUT2D eigenvalue weighted by Gasteiger charge is -2.24. The monoisotopic (exact) mass is 958 g/mol. The molecule has 0 amide bonds. The van der Waals surface area contributed by atoms with Crippen LogP contribution in [-0.4, -0.2) is 63.5 Å². The third-order valence-corrected chi connectivity index (χ3v) is 9.00. The summed E-state index contributed by atoms with van der Waals surface area (Å²) in [5, 5.41) is 15.0. The van der Waals surface area contributed by atoms with Crippen LogP contribution in [-0.2, 0) is 9.47 Å². The zero-order valence-electron chi connectivity index (χ0n) is 25.7. The van der Waals surface area contributed by atoms with Crippen LogP contribution in [0.3, 0.4) is 0 Å². The third-order valence-electron chi connectivity index (χ3n) is 6.72. The van der Waals surface area contributed by atoms with E-state index in [-0.39, 0.29) is 34.9 Å². The van der Waals surface area contributed by atoms with E-state index in [1.807, 2.05) is 46.9 Å². The number of nitro benzene ring substituents is 1. The highest BCUT2D eigenvalue weighted by atomic mass is 127. The van der Waals surface area contributed by atoms with Crippen LogP contribution in [0.1, 0.15) is 25.7 Å². The van der Waals surface area contributed by atoms with Gasteiger partial charge in [0, 0.05) is 38.9 Å². The molecule has 2 saturated heterocycles. The van der Waals surface area contributed by atoms with Crippen molar-refractivity contribution >= 4 is 109 Å². The second-order valence-corrected chi connectivity index (χ2v) is 13.9. The zero-order chi connectivity index (χ0) is 35.3. The molecule has 6 rings (SSSR count). The molecule has 0 spiro atoms. The first-order valence-electron chi connectivity index (χ1n) is 14.7. The van der Waals surface area contributed by atoms with Gasteiger partial charge in [-0.15, -0.1) is 0 Å². The van der Waals surface area contributed by atoms with Crippen LogP contribution in [0.2, 0.25) is 15.2 Å². The van der Waals surface area contributed by atoms with Crippen molar-refractivity contribution in [1.82, 2.24) is 19.9 Å². The van der Waals surface area contributed by atoms with Gasteiger partial charge in [0.2, 0.25) is 11.9 Å². The lowest BCUT2D eigenvalue weighted by Crippen LogP contribution is -2.26. The maximum atomic E-state index is 10.9. The lowest BCUT2D eigenvalue weighted by molar-refractivity contribution is -0.386. The molecule has 0 unspecified atom stereocenters. The Kier molecular flexibility index (Phi) is 15.6. The van der Waals surface area contributed by atoms with Gasteiger partial charge in [0.25, 0.3) is 0 Å². The van der Waals surface area contributed by atoms with Gasteiger partial charge in [0.1, 0.15) is 23.0 Å². The lowest BCUT2D eigenvalue weighted by atomic mass is 10.1. The summed E-state index contributed by atoms with van der Waals surface area (Å²) in [4.78, 5) is 25.7. The van der Waals surface area contributed by atoms with E-state index in [1.165, 1.54) is 18.5 Å². The largest absolute Gasteiger partial charge is 0.488 e. The van der Waals surface area contributed by atoms with E-state index in [2.05, 4.69) is 47.8 Å². The fourth-order valence-corrected chi connectivity index (χ4v) is 5.67. The van der Waals surface area contributed by atoms with Crippen LogP contribution in [0.5, 0.6) is 11.5 Å². The van der Waals surface area contributed by atoms with Crippen LogP contribution in [0, 0.1) is 17.3 Å². The van der Waals surface area contributed by atoms with Crippen molar-refractivity contribution in [3.8, 4) is 11.5 Å².